The van der Waals surface area contributed by atoms with Gasteiger partial charge in [0.25, 0.3) is 6.43 Å². The van der Waals surface area contributed by atoms with Crippen LogP contribution in [0.4, 0.5) is 14.6 Å². The van der Waals surface area contributed by atoms with E-state index in [2.05, 4.69) is 10.1 Å². The Morgan fingerprint density at radius 3 is 2.52 bits per heavy atom. The third-order valence-corrected chi connectivity index (χ3v) is 7.75. The van der Waals surface area contributed by atoms with Crippen molar-refractivity contribution >= 4 is 19.5 Å². The van der Waals surface area contributed by atoms with Gasteiger partial charge in [-0.15, -0.1) is 0 Å². The summed E-state index contributed by atoms with van der Waals surface area (Å²) in [6, 6.07) is 17.0. The van der Waals surface area contributed by atoms with Crippen LogP contribution in [0.15, 0.2) is 77.7 Å². The molecule has 3 aromatic rings. The first-order valence-corrected chi connectivity index (χ1v) is 13.9. The number of alkyl halides is 2. The zero-order valence-electron chi connectivity index (χ0n) is 21.5. The molecule has 1 aliphatic rings. The summed E-state index contributed by atoms with van der Waals surface area (Å²) in [6.07, 6.45) is -3.06. The van der Waals surface area contributed by atoms with Crippen LogP contribution in [0.5, 0.6) is 5.75 Å². The van der Waals surface area contributed by atoms with E-state index in [9.17, 15) is 22.9 Å². The summed E-state index contributed by atoms with van der Waals surface area (Å²) in [6.45, 7) is 0.476. The van der Waals surface area contributed by atoms with Gasteiger partial charge in [0, 0.05) is 6.20 Å². The van der Waals surface area contributed by atoms with Crippen LogP contribution in [0.3, 0.4) is 0 Å². The standard InChI is InChI=1S/C26H29F2N4O7P/c1-18(23(33)36-16-19-8-4-2-5-9-19)31-40(35,39-20-10-6-3-7-11-20)37-17-26(24(27)28)14-12-22(38-26)32-15-13-21(29)30-25(32)34/h2-11,13,15,18,22,24H,12,14,16-17H2,1H3,(H,31,35)(H2,29,30,34)/t18-,22+,26-,40?/m0/s1. The predicted molar refractivity (Wildman–Crippen MR) is 140 cm³/mol. The molecule has 0 aliphatic carbocycles. The molecule has 214 valence electrons. The predicted octanol–water partition coefficient (Wildman–Crippen LogP) is 4.06. The van der Waals surface area contributed by atoms with E-state index in [0.29, 0.717) is 0 Å². The highest BCUT2D eigenvalue weighted by molar-refractivity contribution is 7.52. The van der Waals surface area contributed by atoms with Crippen molar-refractivity contribution < 1.29 is 36.7 Å². The number of anilines is 1. The Hall–Kier alpha value is -3.64. The van der Waals surface area contributed by atoms with E-state index in [1.54, 1.807) is 42.5 Å². The SMILES string of the molecule is C[C@H](NP(=O)(OC[C@]1(C(F)F)CC[C@H](n2ccc(N)nc2=O)O1)Oc1ccccc1)C(=O)OCc1ccccc1. The van der Waals surface area contributed by atoms with Gasteiger partial charge < -0.3 is 19.7 Å². The Morgan fingerprint density at radius 1 is 1.20 bits per heavy atom. The lowest BCUT2D eigenvalue weighted by Crippen LogP contribution is -2.43. The first-order chi connectivity index (χ1) is 19.1. The number of hydrogen-bond acceptors (Lipinski definition) is 9. The zero-order valence-corrected chi connectivity index (χ0v) is 22.4. The fourth-order valence-electron chi connectivity index (χ4n) is 3.98. The lowest BCUT2D eigenvalue weighted by Gasteiger charge is -2.31. The number of nitrogen functional groups attached to an aromatic ring is 1. The Kier molecular flexibility index (Phi) is 9.31. The molecule has 4 rings (SSSR count). The number of aromatic nitrogens is 2. The number of rotatable bonds is 12. The summed E-state index contributed by atoms with van der Waals surface area (Å²) in [7, 11) is -4.45. The zero-order chi connectivity index (χ0) is 28.8. The number of para-hydroxylation sites is 1. The van der Waals surface area contributed by atoms with Crippen molar-refractivity contribution in [2.24, 2.45) is 0 Å². The third kappa shape index (κ3) is 7.30. The van der Waals surface area contributed by atoms with Gasteiger partial charge in [-0.2, -0.15) is 10.1 Å². The van der Waals surface area contributed by atoms with Crippen LogP contribution in [-0.2, 0) is 30.0 Å². The molecule has 11 nitrogen and oxygen atoms in total. The molecule has 1 unspecified atom stereocenters. The molecule has 1 saturated heterocycles. The summed E-state index contributed by atoms with van der Waals surface area (Å²) >= 11 is 0. The average molecular weight is 579 g/mol. The molecule has 0 saturated carbocycles. The lowest BCUT2D eigenvalue weighted by atomic mass is 10.0. The maximum Gasteiger partial charge on any atom is 0.459 e. The van der Waals surface area contributed by atoms with Crippen LogP contribution < -0.4 is 21.0 Å². The van der Waals surface area contributed by atoms with Crippen LogP contribution in [0.1, 0.15) is 31.6 Å². The minimum atomic E-state index is -4.45. The molecule has 3 N–H and O–H groups in total. The summed E-state index contributed by atoms with van der Waals surface area (Å²) < 4.78 is 65.5. The van der Waals surface area contributed by atoms with E-state index in [4.69, 9.17) is 24.3 Å². The van der Waals surface area contributed by atoms with Gasteiger partial charge in [0.15, 0.2) is 5.60 Å². The van der Waals surface area contributed by atoms with E-state index >= 15 is 0 Å². The molecule has 1 fully saturated rings. The van der Waals surface area contributed by atoms with E-state index in [1.165, 1.54) is 31.3 Å². The van der Waals surface area contributed by atoms with E-state index < -0.39 is 50.3 Å². The number of carbonyl (C=O) groups excluding carboxylic acids is 1. The minimum absolute atomic E-state index is 0.0239. The molecule has 1 aromatic heterocycles. The van der Waals surface area contributed by atoms with E-state index in [1.807, 2.05) is 6.07 Å². The highest BCUT2D eigenvalue weighted by atomic mass is 31.2. The quantitative estimate of drug-likeness (QED) is 0.238. The summed E-state index contributed by atoms with van der Waals surface area (Å²) in [4.78, 5) is 28.4. The number of nitrogens with one attached hydrogen (secondary N) is 1. The maximum atomic E-state index is 14.4. The highest BCUT2D eigenvalue weighted by Crippen LogP contribution is 2.49. The van der Waals surface area contributed by atoms with Gasteiger partial charge in [-0.1, -0.05) is 48.5 Å². The van der Waals surface area contributed by atoms with Gasteiger partial charge in [0.1, 0.15) is 30.4 Å². The van der Waals surface area contributed by atoms with Gasteiger partial charge in [-0.05, 0) is 43.5 Å². The highest BCUT2D eigenvalue weighted by Gasteiger charge is 2.51. The number of nitrogens with two attached hydrogens (primary N) is 1. The number of halogens is 2. The second-order valence-electron chi connectivity index (χ2n) is 9.14. The topological polar surface area (TPSA) is 144 Å². The molecular weight excluding hydrogens is 549 g/mol. The van der Waals surface area contributed by atoms with E-state index in [-0.39, 0.29) is 31.0 Å². The summed E-state index contributed by atoms with van der Waals surface area (Å²) in [5.74, 6) is -0.677. The number of ether oxygens (including phenoxy) is 2. The molecule has 40 heavy (non-hydrogen) atoms. The second kappa shape index (κ2) is 12.7. The first kappa shape index (κ1) is 29.3. The first-order valence-electron chi connectivity index (χ1n) is 12.4. The van der Waals surface area contributed by atoms with E-state index in [0.717, 1.165) is 10.1 Å². The minimum Gasteiger partial charge on any atom is -0.460 e. The molecule has 1 aliphatic heterocycles. The van der Waals surface area contributed by atoms with Crippen molar-refractivity contribution in [3.63, 3.8) is 0 Å². The Bertz CT molecular complexity index is 1400. The van der Waals surface area contributed by atoms with Gasteiger partial charge >= 0.3 is 19.4 Å². The Labute approximate surface area is 228 Å². The van der Waals surface area contributed by atoms with Crippen molar-refractivity contribution in [1.29, 1.82) is 0 Å². The fraction of sp³-hybridized carbons (Fsp3) is 0.346. The molecule has 0 bridgehead atoms. The maximum absolute atomic E-state index is 14.4. The monoisotopic (exact) mass is 578 g/mol. The van der Waals surface area contributed by atoms with Crippen LogP contribution in [0.2, 0.25) is 0 Å². The van der Waals surface area contributed by atoms with Crippen LogP contribution >= 0.6 is 7.75 Å². The van der Waals surface area contributed by atoms with Crippen molar-refractivity contribution in [3.05, 3.63) is 89.0 Å². The molecule has 2 aromatic carbocycles. The normalized spacial score (nSPS) is 21.1. The van der Waals surface area contributed by atoms with Crippen molar-refractivity contribution in [2.75, 3.05) is 12.3 Å². The number of esters is 1. The van der Waals surface area contributed by atoms with Crippen LogP contribution in [-0.4, -0.2) is 40.2 Å². The van der Waals surface area contributed by atoms with Crippen molar-refractivity contribution in [2.45, 2.75) is 50.7 Å². The summed E-state index contributed by atoms with van der Waals surface area (Å²) in [5.41, 5.74) is 3.26. The molecule has 4 atom stereocenters. The molecule has 14 heteroatoms. The molecular formula is C26H29F2N4O7P. The number of benzene rings is 2. The van der Waals surface area contributed by atoms with Crippen molar-refractivity contribution in [3.8, 4) is 5.75 Å². The van der Waals surface area contributed by atoms with Gasteiger partial charge in [0.2, 0.25) is 0 Å². The lowest BCUT2D eigenvalue weighted by molar-refractivity contribution is -0.166. The number of hydrogen-bond donors (Lipinski definition) is 2. The Balaban J connectivity index is 1.48. The van der Waals surface area contributed by atoms with Gasteiger partial charge in [-0.25, -0.2) is 18.1 Å². The Morgan fingerprint density at radius 2 is 1.88 bits per heavy atom. The summed E-state index contributed by atoms with van der Waals surface area (Å²) in [5, 5.41) is 2.47. The van der Waals surface area contributed by atoms with Gasteiger partial charge in [-0.3, -0.25) is 13.9 Å². The number of carbonyl (C=O) groups is 1. The van der Waals surface area contributed by atoms with Crippen molar-refractivity contribution in [1.82, 2.24) is 14.6 Å². The molecule has 0 amide bonds. The number of nitrogens with zero attached hydrogens (tertiary/aromatic N) is 2. The second-order valence-corrected chi connectivity index (χ2v) is 10.8. The molecule has 2 heterocycles. The molecule has 0 spiro atoms. The fourth-order valence-corrected chi connectivity index (χ4v) is 5.52. The van der Waals surface area contributed by atoms with Crippen LogP contribution in [0, 0.1) is 0 Å². The smallest absolute Gasteiger partial charge is 0.459 e. The van der Waals surface area contributed by atoms with Gasteiger partial charge in [0.05, 0.1) is 6.61 Å². The average Bonchev–Trinajstić information content (AvgIpc) is 3.37. The largest absolute Gasteiger partial charge is 0.460 e. The third-order valence-electron chi connectivity index (χ3n) is 6.12. The molecule has 0 radical (unpaired) electrons. The van der Waals surface area contributed by atoms with Crippen LogP contribution in [0.25, 0.3) is 0 Å².